The smallest absolute Gasteiger partial charge is 0.137 e. The minimum atomic E-state index is -1.85. The van der Waals surface area contributed by atoms with Crippen LogP contribution >= 0.6 is 0 Å². The third-order valence-electron chi connectivity index (χ3n) is 11.9. The van der Waals surface area contributed by atoms with Gasteiger partial charge in [-0.3, -0.25) is 4.57 Å². The van der Waals surface area contributed by atoms with E-state index in [2.05, 4.69) is 138 Å². The van der Waals surface area contributed by atoms with Gasteiger partial charge in [0.05, 0.1) is 22.4 Å². The molecule has 1 aliphatic rings. The first kappa shape index (κ1) is 38.2. The van der Waals surface area contributed by atoms with E-state index in [-0.39, 0.29) is 22.2 Å². The molecule has 0 amide bonds. The molecule has 5 nitrogen and oxygen atoms in total. The fourth-order valence-corrected chi connectivity index (χ4v) is 8.57. The molecule has 0 unspecified atom stereocenters. The van der Waals surface area contributed by atoms with Crippen molar-refractivity contribution in [1.29, 1.82) is 0 Å². The van der Waals surface area contributed by atoms with Crippen molar-refractivity contribution >= 4 is 44.6 Å². The molecule has 0 fully saturated rings. The van der Waals surface area contributed by atoms with Crippen molar-refractivity contribution in [2.45, 2.75) is 126 Å². The number of rotatable bonds is 9. The summed E-state index contributed by atoms with van der Waals surface area (Å²) in [6.07, 6.45) is -1.79. The number of anilines is 4. The van der Waals surface area contributed by atoms with Gasteiger partial charge in [0.1, 0.15) is 24.0 Å². The Hall–Kier alpha value is -5.55. The van der Waals surface area contributed by atoms with Gasteiger partial charge in [-0.25, -0.2) is 4.98 Å². The number of aryl methyl sites for hydroxylation is 1. The molecule has 0 saturated carbocycles. The second-order valence-electron chi connectivity index (χ2n) is 21.0. The topological polar surface area (TPSA) is 33.5 Å². The number of aromatic nitrogens is 2. The second-order valence-corrected chi connectivity index (χ2v) is 21.0. The number of pyridine rings is 1. The number of nitrogens with zero attached hydrogens (tertiary/aromatic N) is 4. The molecule has 0 spiro atoms. The van der Waals surface area contributed by atoms with E-state index >= 15 is 0 Å². The van der Waals surface area contributed by atoms with Gasteiger partial charge in [0.2, 0.25) is 0 Å². The van der Waals surface area contributed by atoms with E-state index in [1.165, 1.54) is 28.1 Å². The number of ether oxygens (including phenoxy) is 1. The lowest BCUT2D eigenvalue weighted by molar-refractivity contribution is 0.483. The van der Waals surface area contributed by atoms with Gasteiger partial charge >= 0.3 is 0 Å². The van der Waals surface area contributed by atoms with Gasteiger partial charge in [0.15, 0.2) is 0 Å². The van der Waals surface area contributed by atoms with Crippen LogP contribution in [0, 0.1) is 18.8 Å². The lowest BCUT2D eigenvalue weighted by Gasteiger charge is -2.29. The molecule has 62 heavy (non-hydrogen) atoms. The minimum Gasteiger partial charge on any atom is -0.457 e. The molecule has 322 valence electrons. The Labute approximate surface area is 377 Å². The van der Waals surface area contributed by atoms with E-state index in [0.29, 0.717) is 40.5 Å². The Kier molecular flexibility index (Phi) is 9.83. The third kappa shape index (κ3) is 8.48. The van der Waals surface area contributed by atoms with E-state index < -0.39 is 18.7 Å². The number of benzene rings is 5. The Balaban J connectivity index is 1.26. The summed E-state index contributed by atoms with van der Waals surface area (Å²) >= 11 is 0. The monoisotopic (exact) mass is 829 g/mol. The Morgan fingerprint density at radius 1 is 0.613 bits per heavy atom. The van der Waals surface area contributed by atoms with Crippen molar-refractivity contribution in [1.82, 2.24) is 9.55 Å². The molecule has 2 aromatic heterocycles. The van der Waals surface area contributed by atoms with E-state index in [1.54, 1.807) is 6.07 Å². The van der Waals surface area contributed by atoms with Crippen LogP contribution < -0.4 is 14.5 Å². The lowest BCUT2D eigenvalue weighted by Crippen LogP contribution is -2.25. The molecule has 0 aliphatic carbocycles. The third-order valence-corrected chi connectivity index (χ3v) is 11.9. The SMILES string of the molecule is [2H]C([2H])(c1ccc2c(c1C([2H])([2H])C(C)C)c1ccc(Oc3cccc(N4CN(c5cc(C(C)(C)C)cc(C(C)(C)C)c5)c5cc(C)ccc54)c3)cc1n2-c1cc(C(C)(C)C)ccn1)C(C)C. The normalized spacial score (nSPS) is 15.0. The van der Waals surface area contributed by atoms with E-state index in [9.17, 15) is 5.48 Å². The van der Waals surface area contributed by atoms with E-state index in [1.807, 2.05) is 76.4 Å². The van der Waals surface area contributed by atoms with Crippen LogP contribution in [0.15, 0.2) is 109 Å². The zero-order valence-corrected chi connectivity index (χ0v) is 39.5. The molecular formula is C57H68N4O. The summed E-state index contributed by atoms with van der Waals surface area (Å²) < 4.78 is 46.7. The molecule has 0 saturated heterocycles. The molecule has 0 radical (unpaired) electrons. The van der Waals surface area contributed by atoms with Crippen LogP contribution in [0.25, 0.3) is 27.6 Å². The summed E-state index contributed by atoms with van der Waals surface area (Å²) in [6.45, 7) is 30.5. The number of fused-ring (bicyclic) bond motifs is 4. The first-order chi connectivity index (χ1) is 30.7. The van der Waals surface area contributed by atoms with Gasteiger partial charge < -0.3 is 14.5 Å². The van der Waals surface area contributed by atoms with Crippen LogP contribution in [0.2, 0.25) is 0 Å². The van der Waals surface area contributed by atoms with Crippen molar-refractivity contribution in [3.05, 3.63) is 143 Å². The maximum absolute atomic E-state index is 9.58. The van der Waals surface area contributed by atoms with E-state index in [4.69, 9.17) is 9.72 Å². The summed E-state index contributed by atoms with van der Waals surface area (Å²) in [7, 11) is 0. The number of hydrogen-bond acceptors (Lipinski definition) is 4. The predicted octanol–water partition coefficient (Wildman–Crippen LogP) is 15.8. The van der Waals surface area contributed by atoms with Crippen LogP contribution in [0.5, 0.6) is 11.5 Å². The first-order valence-corrected chi connectivity index (χ1v) is 22.4. The van der Waals surface area contributed by atoms with Gasteiger partial charge in [-0.15, -0.1) is 0 Å². The summed E-state index contributed by atoms with van der Waals surface area (Å²) in [6, 6.07) is 35.9. The first-order valence-electron chi connectivity index (χ1n) is 24.4. The molecule has 0 atom stereocenters. The molecule has 5 aromatic carbocycles. The summed E-state index contributed by atoms with van der Waals surface area (Å²) in [5, 5.41) is 1.50. The van der Waals surface area contributed by atoms with Crippen LogP contribution in [-0.4, -0.2) is 16.2 Å². The highest BCUT2D eigenvalue weighted by molar-refractivity contribution is 6.11. The van der Waals surface area contributed by atoms with Gasteiger partial charge in [0.25, 0.3) is 0 Å². The zero-order chi connectivity index (χ0) is 48.1. The molecule has 8 rings (SSSR count). The van der Waals surface area contributed by atoms with Crippen molar-refractivity contribution < 1.29 is 10.2 Å². The Bertz CT molecular complexity index is 2950. The summed E-state index contributed by atoms with van der Waals surface area (Å²) in [4.78, 5) is 9.71. The van der Waals surface area contributed by atoms with Gasteiger partial charge in [0, 0.05) is 46.0 Å². The maximum atomic E-state index is 9.58. The average molecular weight is 829 g/mol. The second kappa shape index (κ2) is 16.0. The van der Waals surface area contributed by atoms with Gasteiger partial charge in [-0.1, -0.05) is 114 Å². The van der Waals surface area contributed by atoms with Crippen LogP contribution in [0.1, 0.15) is 129 Å². The Morgan fingerprint density at radius 2 is 1.27 bits per heavy atom. The minimum absolute atomic E-state index is 0.0163. The number of hydrogen-bond donors (Lipinski definition) is 0. The highest BCUT2D eigenvalue weighted by Crippen LogP contribution is 2.47. The quantitative estimate of drug-likeness (QED) is 0.145. The summed E-state index contributed by atoms with van der Waals surface area (Å²) in [5.74, 6) is 1.20. The molecule has 0 bridgehead atoms. The maximum Gasteiger partial charge on any atom is 0.137 e. The largest absolute Gasteiger partial charge is 0.457 e. The van der Waals surface area contributed by atoms with Gasteiger partial charge in [-0.2, -0.15) is 0 Å². The fourth-order valence-electron chi connectivity index (χ4n) is 8.57. The van der Waals surface area contributed by atoms with Gasteiger partial charge in [-0.05, 0) is 148 Å². The highest BCUT2D eigenvalue weighted by atomic mass is 16.5. The standard InChI is InChI=1S/C57H68N4O/c1-36(2)26-39-19-23-50-54(48(39)27-37(3)4)47-21-20-46(34-51(47)61(50)53-32-40(24-25-58-53)55(6,7)8)62-45-17-15-16-43(33-45)59-35-60(52-28-38(5)18-22-49(52)59)44-30-41(56(9,10)11)29-42(31-44)57(12,13)14/h15-25,28-34,36-37H,26-27,35H2,1-14H3/i26D2,27D2. The van der Waals surface area contributed by atoms with Crippen LogP contribution in [0.3, 0.4) is 0 Å². The Morgan fingerprint density at radius 3 is 1.94 bits per heavy atom. The lowest BCUT2D eigenvalue weighted by atomic mass is 9.80. The summed E-state index contributed by atoms with van der Waals surface area (Å²) in [5.41, 5.74) is 11.6. The highest BCUT2D eigenvalue weighted by Gasteiger charge is 2.31. The molecule has 0 N–H and O–H groups in total. The average Bonchev–Trinajstić information content (AvgIpc) is 3.77. The van der Waals surface area contributed by atoms with Crippen molar-refractivity contribution in [3.8, 4) is 17.3 Å². The molecular weight excluding hydrogens is 757 g/mol. The molecule has 3 heterocycles. The molecule has 7 aromatic rings. The van der Waals surface area contributed by atoms with Crippen molar-refractivity contribution in [3.63, 3.8) is 0 Å². The fraction of sp³-hybridized carbons (Fsp3) is 0.386. The molecule has 5 heteroatoms. The van der Waals surface area contributed by atoms with Crippen molar-refractivity contribution in [2.75, 3.05) is 16.5 Å². The predicted molar refractivity (Wildman–Crippen MR) is 265 cm³/mol. The van der Waals surface area contributed by atoms with Crippen molar-refractivity contribution in [2.24, 2.45) is 11.8 Å². The van der Waals surface area contributed by atoms with E-state index in [0.717, 1.165) is 33.4 Å². The van der Waals surface area contributed by atoms with Crippen LogP contribution in [0.4, 0.5) is 22.7 Å². The molecule has 1 aliphatic heterocycles. The zero-order valence-electron chi connectivity index (χ0n) is 43.5. The van der Waals surface area contributed by atoms with Crippen LogP contribution in [-0.2, 0) is 29.0 Å².